The zero-order chi connectivity index (χ0) is 17.9. The minimum atomic E-state index is 0.00672. The van der Waals surface area contributed by atoms with Gasteiger partial charge in [0.15, 0.2) is 0 Å². The van der Waals surface area contributed by atoms with Crippen LogP contribution in [-0.4, -0.2) is 31.1 Å². The number of hydrogen-bond acceptors (Lipinski definition) is 2. The molecule has 1 aliphatic carbocycles. The molecular weight excluding hydrogens is 324 g/mol. The third-order valence-corrected chi connectivity index (χ3v) is 5.82. The normalized spacial score (nSPS) is 24.3. The third-order valence-electron chi connectivity index (χ3n) is 5.82. The zero-order valence-electron chi connectivity index (χ0n) is 15.2. The first-order valence-electron chi connectivity index (χ1n) is 9.45. The summed E-state index contributed by atoms with van der Waals surface area (Å²) in [5, 5.41) is 3.01. The van der Waals surface area contributed by atoms with Gasteiger partial charge in [-0.1, -0.05) is 36.4 Å². The Balaban J connectivity index is 1.30. The Morgan fingerprint density at radius 3 is 2.50 bits per heavy atom. The van der Waals surface area contributed by atoms with Gasteiger partial charge in [0.1, 0.15) is 5.75 Å². The molecule has 4 rings (SSSR count). The Morgan fingerprint density at radius 2 is 1.81 bits per heavy atom. The van der Waals surface area contributed by atoms with E-state index in [1.165, 1.54) is 24.8 Å². The van der Waals surface area contributed by atoms with Crippen molar-refractivity contribution in [3.63, 3.8) is 0 Å². The van der Waals surface area contributed by atoms with Gasteiger partial charge < -0.3 is 15.0 Å². The maximum absolute atomic E-state index is 12.6. The van der Waals surface area contributed by atoms with Crippen molar-refractivity contribution in [3.05, 3.63) is 60.2 Å². The van der Waals surface area contributed by atoms with Gasteiger partial charge in [-0.05, 0) is 54.7 Å². The van der Waals surface area contributed by atoms with Crippen LogP contribution in [0.3, 0.4) is 0 Å². The molecule has 1 heterocycles. The number of carbonyl (C=O) groups is 1. The van der Waals surface area contributed by atoms with E-state index in [4.69, 9.17) is 4.74 Å². The first kappa shape index (κ1) is 17.0. The number of nitrogens with zero attached hydrogens (tertiary/aromatic N) is 1. The summed E-state index contributed by atoms with van der Waals surface area (Å²) >= 11 is 0. The molecule has 2 aromatic rings. The van der Waals surface area contributed by atoms with Gasteiger partial charge in [0.05, 0.1) is 7.11 Å². The lowest BCUT2D eigenvalue weighted by Gasteiger charge is -2.20. The van der Waals surface area contributed by atoms with Crippen molar-refractivity contribution < 1.29 is 9.53 Å². The van der Waals surface area contributed by atoms with E-state index in [1.807, 2.05) is 29.2 Å². The van der Waals surface area contributed by atoms with E-state index in [0.29, 0.717) is 11.8 Å². The van der Waals surface area contributed by atoms with Gasteiger partial charge in [0.25, 0.3) is 0 Å². The number of amides is 2. The van der Waals surface area contributed by atoms with Gasteiger partial charge in [0.2, 0.25) is 0 Å². The predicted octanol–water partition coefficient (Wildman–Crippen LogP) is 4.43. The van der Waals surface area contributed by atoms with E-state index in [9.17, 15) is 4.79 Å². The van der Waals surface area contributed by atoms with E-state index in [2.05, 4.69) is 35.6 Å². The van der Waals surface area contributed by atoms with Crippen LogP contribution >= 0.6 is 0 Å². The number of nitrogens with one attached hydrogen (secondary N) is 1. The van der Waals surface area contributed by atoms with Crippen molar-refractivity contribution >= 4 is 11.7 Å². The molecule has 26 heavy (non-hydrogen) atoms. The molecule has 0 radical (unpaired) electrons. The standard InChI is InChI=1S/C22H26N2O2/c1-26-21-9-5-8-20(13-21)23-22(25)24-14-18-11-17(12-19(18)15-24)10-16-6-3-2-4-7-16/h2-9,13,17-19H,10-12,14-15H2,1H3,(H,23,25)/t17?,18-,19+. The molecule has 1 unspecified atom stereocenters. The summed E-state index contributed by atoms with van der Waals surface area (Å²) in [4.78, 5) is 14.6. The van der Waals surface area contributed by atoms with Crippen LogP contribution in [0.1, 0.15) is 18.4 Å². The van der Waals surface area contributed by atoms with Gasteiger partial charge in [-0.3, -0.25) is 0 Å². The molecule has 1 aliphatic heterocycles. The fourth-order valence-electron chi connectivity index (χ4n) is 4.61. The van der Waals surface area contributed by atoms with E-state index in [0.717, 1.165) is 30.4 Å². The Hall–Kier alpha value is -2.49. The number of carbonyl (C=O) groups excluding carboxylic acids is 1. The Kier molecular flexibility index (Phi) is 4.83. The molecule has 2 aromatic carbocycles. The highest BCUT2D eigenvalue weighted by atomic mass is 16.5. The number of rotatable bonds is 4. The summed E-state index contributed by atoms with van der Waals surface area (Å²) in [5.41, 5.74) is 2.22. The van der Waals surface area contributed by atoms with Gasteiger partial charge in [-0.25, -0.2) is 4.79 Å². The molecule has 3 atom stereocenters. The molecule has 0 bridgehead atoms. The number of likely N-dealkylation sites (tertiary alicyclic amines) is 1. The van der Waals surface area contributed by atoms with Crippen molar-refractivity contribution in [2.75, 3.05) is 25.5 Å². The molecule has 1 saturated carbocycles. The molecule has 1 N–H and O–H groups in total. The van der Waals surface area contributed by atoms with Gasteiger partial charge >= 0.3 is 6.03 Å². The number of urea groups is 1. The van der Waals surface area contributed by atoms with Crippen LogP contribution < -0.4 is 10.1 Å². The Morgan fingerprint density at radius 1 is 1.08 bits per heavy atom. The summed E-state index contributed by atoms with van der Waals surface area (Å²) < 4.78 is 5.22. The molecule has 0 aromatic heterocycles. The quantitative estimate of drug-likeness (QED) is 0.886. The maximum Gasteiger partial charge on any atom is 0.321 e. The first-order valence-corrected chi connectivity index (χ1v) is 9.45. The third kappa shape index (κ3) is 3.69. The molecule has 1 saturated heterocycles. The molecule has 4 nitrogen and oxygen atoms in total. The highest BCUT2D eigenvalue weighted by molar-refractivity contribution is 5.89. The second-order valence-electron chi connectivity index (χ2n) is 7.61. The first-order chi connectivity index (χ1) is 12.7. The minimum Gasteiger partial charge on any atom is -0.497 e. The topological polar surface area (TPSA) is 41.6 Å². The molecule has 4 heteroatoms. The second kappa shape index (κ2) is 7.40. The van der Waals surface area contributed by atoms with Crippen molar-refractivity contribution in [2.45, 2.75) is 19.3 Å². The molecule has 136 valence electrons. The lowest BCUT2D eigenvalue weighted by Crippen LogP contribution is -2.34. The average Bonchev–Trinajstić information content (AvgIpc) is 3.21. The maximum atomic E-state index is 12.6. The van der Waals surface area contributed by atoms with Gasteiger partial charge in [-0.15, -0.1) is 0 Å². The van der Waals surface area contributed by atoms with Crippen LogP contribution in [-0.2, 0) is 6.42 Å². The number of benzene rings is 2. The van der Waals surface area contributed by atoms with Crippen LogP contribution in [0.15, 0.2) is 54.6 Å². The molecule has 2 aliphatic rings. The van der Waals surface area contributed by atoms with Crippen LogP contribution in [0.25, 0.3) is 0 Å². The summed E-state index contributed by atoms with van der Waals surface area (Å²) in [7, 11) is 1.63. The number of methoxy groups -OCH3 is 1. The zero-order valence-corrected chi connectivity index (χ0v) is 15.2. The lowest BCUT2D eigenvalue weighted by atomic mass is 9.96. The van der Waals surface area contributed by atoms with Crippen LogP contribution in [0.2, 0.25) is 0 Å². The smallest absolute Gasteiger partial charge is 0.321 e. The van der Waals surface area contributed by atoms with Crippen molar-refractivity contribution in [1.29, 1.82) is 0 Å². The van der Waals surface area contributed by atoms with Crippen LogP contribution in [0, 0.1) is 17.8 Å². The molecule has 2 fully saturated rings. The summed E-state index contributed by atoms with van der Waals surface area (Å²) in [6.07, 6.45) is 3.65. The fraction of sp³-hybridized carbons (Fsp3) is 0.409. The monoisotopic (exact) mass is 350 g/mol. The van der Waals surface area contributed by atoms with E-state index < -0.39 is 0 Å². The Labute approximate surface area is 155 Å². The average molecular weight is 350 g/mol. The fourth-order valence-corrected chi connectivity index (χ4v) is 4.61. The van der Waals surface area contributed by atoms with Crippen LogP contribution in [0.4, 0.5) is 10.5 Å². The SMILES string of the molecule is COc1cccc(NC(=O)N2C[C@H]3CC(Cc4ccccc4)C[C@H]3C2)c1. The lowest BCUT2D eigenvalue weighted by molar-refractivity contribution is 0.217. The van der Waals surface area contributed by atoms with E-state index >= 15 is 0 Å². The molecule has 0 spiro atoms. The number of fused-ring (bicyclic) bond motifs is 1. The molecule has 2 amide bonds. The second-order valence-corrected chi connectivity index (χ2v) is 7.61. The largest absolute Gasteiger partial charge is 0.497 e. The predicted molar refractivity (Wildman–Crippen MR) is 103 cm³/mol. The summed E-state index contributed by atoms with van der Waals surface area (Å²) in [6, 6.07) is 18.3. The van der Waals surface area contributed by atoms with Crippen molar-refractivity contribution in [3.8, 4) is 5.75 Å². The minimum absolute atomic E-state index is 0.00672. The molecular formula is C22H26N2O2. The Bertz CT molecular complexity index is 748. The highest BCUT2D eigenvalue weighted by Crippen LogP contribution is 2.42. The van der Waals surface area contributed by atoms with Crippen LogP contribution in [0.5, 0.6) is 5.75 Å². The van der Waals surface area contributed by atoms with Gasteiger partial charge in [-0.2, -0.15) is 0 Å². The van der Waals surface area contributed by atoms with Crippen molar-refractivity contribution in [2.24, 2.45) is 17.8 Å². The summed E-state index contributed by atoms with van der Waals surface area (Å²) in [6.45, 7) is 1.76. The van der Waals surface area contributed by atoms with E-state index in [-0.39, 0.29) is 6.03 Å². The van der Waals surface area contributed by atoms with E-state index in [1.54, 1.807) is 7.11 Å². The highest BCUT2D eigenvalue weighted by Gasteiger charge is 2.42. The number of ether oxygens (including phenoxy) is 1. The summed E-state index contributed by atoms with van der Waals surface area (Å²) in [5.74, 6) is 2.82. The number of hydrogen-bond donors (Lipinski definition) is 1. The number of anilines is 1. The van der Waals surface area contributed by atoms with Gasteiger partial charge in [0, 0.05) is 24.8 Å². The van der Waals surface area contributed by atoms with Crippen molar-refractivity contribution in [1.82, 2.24) is 4.90 Å².